The second kappa shape index (κ2) is 10.2. The molecule has 0 aromatic heterocycles. The van der Waals surface area contributed by atoms with Gasteiger partial charge >= 0.3 is 0 Å². The molecule has 0 atom stereocenters. The number of methoxy groups -OCH3 is 1. The zero-order valence-corrected chi connectivity index (χ0v) is 16.6. The molecular weight excluding hydrogens is 364 g/mol. The number of carbonyl (C=O) groups excluding carboxylic acids is 1. The van der Waals surface area contributed by atoms with Crippen LogP contribution in [0.1, 0.15) is 32.1 Å². The summed E-state index contributed by atoms with van der Waals surface area (Å²) in [5.74, 6) is -0.333. The normalized spacial score (nSPS) is 23.6. The third-order valence-electron chi connectivity index (χ3n) is 5.96. The maximum atomic E-state index is 13.9. The molecule has 5 nitrogen and oxygen atoms in total. The summed E-state index contributed by atoms with van der Waals surface area (Å²) < 4.78 is 31.9. The van der Waals surface area contributed by atoms with E-state index in [4.69, 9.17) is 4.74 Å². The van der Waals surface area contributed by atoms with Crippen molar-refractivity contribution in [1.29, 1.82) is 0 Å². The van der Waals surface area contributed by atoms with Gasteiger partial charge in [0.25, 0.3) is 0 Å². The summed E-state index contributed by atoms with van der Waals surface area (Å²) in [7, 11) is 1.53. The quantitative estimate of drug-likeness (QED) is 0.771. The Kier molecular flexibility index (Phi) is 7.62. The molecule has 1 heterocycles. The van der Waals surface area contributed by atoms with E-state index < -0.39 is 11.6 Å². The maximum absolute atomic E-state index is 13.9. The van der Waals surface area contributed by atoms with Crippen LogP contribution in [0.5, 0.6) is 0 Å². The molecule has 0 spiro atoms. The highest BCUT2D eigenvalue weighted by Gasteiger charge is 2.24. The van der Waals surface area contributed by atoms with Gasteiger partial charge < -0.3 is 15.0 Å². The van der Waals surface area contributed by atoms with Gasteiger partial charge in [-0.2, -0.15) is 0 Å². The van der Waals surface area contributed by atoms with Crippen LogP contribution in [0.3, 0.4) is 0 Å². The van der Waals surface area contributed by atoms with E-state index in [0.717, 1.165) is 64.5 Å². The zero-order valence-electron chi connectivity index (χ0n) is 16.6. The molecule has 7 heteroatoms. The van der Waals surface area contributed by atoms with Crippen molar-refractivity contribution < 1.29 is 18.3 Å². The molecule has 1 aliphatic heterocycles. The van der Waals surface area contributed by atoms with E-state index in [1.807, 2.05) is 4.90 Å². The smallest absolute Gasteiger partial charge is 0.246 e. The van der Waals surface area contributed by atoms with Crippen molar-refractivity contribution in [3.63, 3.8) is 0 Å². The second-order valence-electron chi connectivity index (χ2n) is 7.93. The maximum Gasteiger partial charge on any atom is 0.246 e. The predicted molar refractivity (Wildman–Crippen MR) is 105 cm³/mol. The predicted octanol–water partition coefficient (Wildman–Crippen LogP) is 2.80. The summed E-state index contributed by atoms with van der Waals surface area (Å²) in [6.07, 6.45) is 5.55. The molecule has 1 N–H and O–H groups in total. The average molecular weight is 395 g/mol. The number of nitrogens with one attached hydrogen (secondary N) is 1. The van der Waals surface area contributed by atoms with E-state index in [-0.39, 0.29) is 18.6 Å². The van der Waals surface area contributed by atoms with Gasteiger partial charge in [-0.15, -0.1) is 0 Å². The van der Waals surface area contributed by atoms with Gasteiger partial charge in [-0.1, -0.05) is 0 Å². The lowest BCUT2D eigenvalue weighted by Gasteiger charge is -2.37. The molecular formula is C21H31F2N3O2. The Labute approximate surface area is 166 Å². The van der Waals surface area contributed by atoms with Gasteiger partial charge in [0.05, 0.1) is 5.69 Å². The van der Waals surface area contributed by atoms with Gasteiger partial charge in [-0.3, -0.25) is 9.69 Å². The Balaban J connectivity index is 1.34. The van der Waals surface area contributed by atoms with Crippen LogP contribution >= 0.6 is 0 Å². The second-order valence-corrected chi connectivity index (χ2v) is 7.93. The van der Waals surface area contributed by atoms with Gasteiger partial charge in [0.15, 0.2) is 0 Å². The average Bonchev–Trinajstić information content (AvgIpc) is 2.68. The molecule has 0 unspecified atom stereocenters. The highest BCUT2D eigenvalue weighted by molar-refractivity contribution is 5.77. The number of carbonyl (C=O) groups is 1. The Morgan fingerprint density at radius 2 is 1.86 bits per heavy atom. The third-order valence-corrected chi connectivity index (χ3v) is 5.96. The number of hydrogen-bond donors (Lipinski definition) is 1. The lowest BCUT2D eigenvalue weighted by atomic mass is 9.84. The van der Waals surface area contributed by atoms with Crippen molar-refractivity contribution in [2.45, 2.75) is 38.1 Å². The largest absolute Gasteiger partial charge is 0.375 e. The summed E-state index contributed by atoms with van der Waals surface area (Å²) in [5.41, 5.74) is 0.495. The van der Waals surface area contributed by atoms with E-state index >= 15 is 0 Å². The zero-order chi connectivity index (χ0) is 19.9. The molecule has 156 valence electrons. The van der Waals surface area contributed by atoms with Crippen LogP contribution in [-0.4, -0.2) is 63.3 Å². The van der Waals surface area contributed by atoms with E-state index in [0.29, 0.717) is 11.6 Å². The van der Waals surface area contributed by atoms with Gasteiger partial charge in [0, 0.05) is 45.4 Å². The number of anilines is 1. The minimum Gasteiger partial charge on any atom is -0.375 e. The number of ether oxygens (including phenoxy) is 1. The topological polar surface area (TPSA) is 44.8 Å². The molecule has 1 aliphatic carbocycles. The first-order valence-electron chi connectivity index (χ1n) is 10.3. The van der Waals surface area contributed by atoms with Gasteiger partial charge in [0.1, 0.15) is 18.2 Å². The number of nitrogens with zero attached hydrogens (tertiary/aromatic N) is 2. The first-order chi connectivity index (χ1) is 13.5. The number of amides is 1. The van der Waals surface area contributed by atoms with E-state index in [1.54, 1.807) is 0 Å². The van der Waals surface area contributed by atoms with Crippen LogP contribution in [0, 0.1) is 17.6 Å². The van der Waals surface area contributed by atoms with Gasteiger partial charge in [-0.25, -0.2) is 8.78 Å². The standard InChI is InChI=1S/C21H31F2N3O2/c1-28-15-21(27)24-18-5-2-16(3-6-18)8-9-25-10-12-26(13-11-25)20-7-4-17(22)14-19(20)23/h4,7,14,16,18H,2-3,5-6,8-13,15H2,1H3,(H,24,27)/t16-,18-. The Bertz CT molecular complexity index is 643. The fourth-order valence-electron chi connectivity index (χ4n) is 4.31. The minimum atomic E-state index is -0.534. The molecule has 1 amide bonds. The minimum absolute atomic E-state index is 0.0265. The van der Waals surface area contributed by atoms with Crippen molar-refractivity contribution >= 4 is 11.6 Å². The fourth-order valence-corrected chi connectivity index (χ4v) is 4.31. The Morgan fingerprint density at radius 3 is 2.50 bits per heavy atom. The van der Waals surface area contributed by atoms with Crippen LogP contribution in [0.2, 0.25) is 0 Å². The molecule has 1 aromatic carbocycles. The van der Waals surface area contributed by atoms with Gasteiger partial charge in [-0.05, 0) is 56.7 Å². The first-order valence-corrected chi connectivity index (χ1v) is 10.3. The summed E-state index contributed by atoms with van der Waals surface area (Å²) in [6, 6.07) is 4.09. The van der Waals surface area contributed by atoms with E-state index in [2.05, 4.69) is 10.2 Å². The molecule has 3 rings (SSSR count). The van der Waals surface area contributed by atoms with Gasteiger partial charge in [0.2, 0.25) is 5.91 Å². The Hall–Kier alpha value is -1.73. The first kappa shape index (κ1) is 21.0. The molecule has 28 heavy (non-hydrogen) atoms. The van der Waals surface area contributed by atoms with Crippen molar-refractivity contribution in [3.05, 3.63) is 29.8 Å². The summed E-state index contributed by atoms with van der Waals surface area (Å²) in [4.78, 5) is 16.0. The van der Waals surface area contributed by atoms with Crippen molar-refractivity contribution in [2.24, 2.45) is 5.92 Å². The van der Waals surface area contributed by atoms with Crippen LogP contribution in [0.25, 0.3) is 0 Å². The lowest BCUT2D eigenvalue weighted by Crippen LogP contribution is -2.47. The van der Waals surface area contributed by atoms with E-state index in [9.17, 15) is 13.6 Å². The molecule has 1 saturated carbocycles. The molecule has 0 bridgehead atoms. The SMILES string of the molecule is COCC(=O)N[C@H]1CC[C@H](CCN2CCN(c3ccc(F)cc3F)CC2)CC1. The molecule has 1 saturated heterocycles. The summed E-state index contributed by atoms with van der Waals surface area (Å²) in [6.45, 7) is 4.53. The number of halogens is 2. The highest BCUT2D eigenvalue weighted by Crippen LogP contribution is 2.27. The monoisotopic (exact) mass is 395 g/mol. The molecule has 2 fully saturated rings. The third kappa shape index (κ3) is 5.88. The number of rotatable bonds is 7. The van der Waals surface area contributed by atoms with Crippen LogP contribution in [0.15, 0.2) is 18.2 Å². The van der Waals surface area contributed by atoms with Crippen molar-refractivity contribution in [2.75, 3.05) is 51.3 Å². The van der Waals surface area contributed by atoms with Crippen LogP contribution < -0.4 is 10.2 Å². The van der Waals surface area contributed by atoms with E-state index in [1.165, 1.54) is 25.7 Å². The molecule has 0 radical (unpaired) electrons. The highest BCUT2D eigenvalue weighted by atomic mass is 19.1. The number of hydrogen-bond acceptors (Lipinski definition) is 4. The van der Waals surface area contributed by atoms with Crippen LogP contribution in [0.4, 0.5) is 14.5 Å². The summed E-state index contributed by atoms with van der Waals surface area (Å²) in [5, 5.41) is 3.04. The number of piperazine rings is 1. The fraction of sp³-hybridized carbons (Fsp3) is 0.667. The lowest BCUT2D eigenvalue weighted by molar-refractivity contribution is -0.125. The molecule has 2 aliphatic rings. The van der Waals surface area contributed by atoms with Crippen LogP contribution in [-0.2, 0) is 9.53 Å². The molecule has 1 aromatic rings. The van der Waals surface area contributed by atoms with Crippen molar-refractivity contribution in [3.8, 4) is 0 Å². The Morgan fingerprint density at radius 1 is 1.14 bits per heavy atom. The summed E-state index contributed by atoms with van der Waals surface area (Å²) >= 11 is 0. The van der Waals surface area contributed by atoms with Crippen molar-refractivity contribution in [1.82, 2.24) is 10.2 Å². The number of benzene rings is 1.